The molecule has 7 N–H and O–H groups in total. The SMILES string of the molecule is CC(C)(C)c1cnc([C@H](CCC(N)=O)NC(=O)[C@@H]2CC[C@@H]3CCN(C(=O)CCCCCC#Cc4cccc5c4CN(C4CCC(=O)NC4=O)C5=O)C[C@H](NC(=O)c4cc5cc(C(F)(F)OP(O)O)ccc5s4)C(=O)N32)s1. The number of alkyl halides is 2. The molecule has 3 saturated heterocycles. The van der Waals surface area contributed by atoms with Gasteiger partial charge in [-0.3, -0.25) is 43.7 Å². The number of halogens is 2. The van der Waals surface area contributed by atoms with E-state index < -0.39 is 80.0 Å². The topological polar surface area (TPSA) is 271 Å². The summed E-state index contributed by atoms with van der Waals surface area (Å²) in [5, 5.41) is 8.94. The highest BCUT2D eigenvalue weighted by molar-refractivity contribution is 7.39. The number of amides is 8. The van der Waals surface area contributed by atoms with Crippen molar-refractivity contribution in [1.29, 1.82) is 0 Å². The molecular weight excluding hydrogens is 1050 g/mol. The number of hydrogen-bond donors (Lipinski definition) is 6. The van der Waals surface area contributed by atoms with E-state index in [0.717, 1.165) is 33.9 Å². The second kappa shape index (κ2) is 23.5. The number of piperidine rings is 1. The van der Waals surface area contributed by atoms with Crippen LogP contribution in [0.15, 0.2) is 48.7 Å². The van der Waals surface area contributed by atoms with Crippen LogP contribution in [-0.2, 0) is 51.4 Å². The summed E-state index contributed by atoms with van der Waals surface area (Å²) in [6, 6.07) is 5.81. The fraction of sp³-hybridized carbons (Fsp3) is 0.481. The van der Waals surface area contributed by atoms with E-state index in [1.807, 2.05) is 26.8 Å². The maximum absolute atomic E-state index is 14.9. The Bertz CT molecular complexity index is 3010. The lowest BCUT2D eigenvalue weighted by molar-refractivity contribution is -0.189. The summed E-state index contributed by atoms with van der Waals surface area (Å²) in [6.45, 7) is 6.29. The molecule has 4 aromatic rings. The van der Waals surface area contributed by atoms with Crippen LogP contribution in [0.4, 0.5) is 8.78 Å². The van der Waals surface area contributed by atoms with Crippen molar-refractivity contribution in [3.63, 3.8) is 0 Å². The first-order chi connectivity index (χ1) is 36.1. The van der Waals surface area contributed by atoms with E-state index in [4.69, 9.17) is 15.5 Å². The minimum absolute atomic E-state index is 0.0328. The Labute approximate surface area is 446 Å². The number of carbonyl (C=O) groups is 8. The number of fused-ring (bicyclic) bond motifs is 3. The molecule has 0 aliphatic carbocycles. The summed E-state index contributed by atoms with van der Waals surface area (Å²) in [5.74, 6) is 2.60. The minimum atomic E-state index is -4.05. The third-order valence-electron chi connectivity index (χ3n) is 14.0. The van der Waals surface area contributed by atoms with Crippen LogP contribution in [0.1, 0.15) is 150 Å². The van der Waals surface area contributed by atoms with Gasteiger partial charge in [-0.2, -0.15) is 8.78 Å². The first-order valence-corrected chi connectivity index (χ1v) is 27.9. The molecular formula is C52H59F2N8O11PS2. The lowest BCUT2D eigenvalue weighted by atomic mass is 9.96. The number of imide groups is 1. The van der Waals surface area contributed by atoms with E-state index in [-0.39, 0.29) is 91.6 Å². The summed E-state index contributed by atoms with van der Waals surface area (Å²) < 4.78 is 33.8. The van der Waals surface area contributed by atoms with Gasteiger partial charge in [0.25, 0.3) is 11.8 Å². The quantitative estimate of drug-likeness (QED) is 0.0331. The van der Waals surface area contributed by atoms with Gasteiger partial charge in [-0.25, -0.2) is 9.51 Å². The number of unbranched alkanes of at least 4 members (excludes halogenated alkanes) is 3. The van der Waals surface area contributed by atoms with Crippen molar-refractivity contribution >= 4 is 88.6 Å². The van der Waals surface area contributed by atoms with Gasteiger partial charge in [0.05, 0.1) is 16.5 Å². The van der Waals surface area contributed by atoms with Crippen LogP contribution in [0.5, 0.6) is 0 Å². The molecule has 6 heterocycles. The number of nitrogens with one attached hydrogen (secondary N) is 3. The summed E-state index contributed by atoms with van der Waals surface area (Å²) in [5.41, 5.74) is 6.47. The molecule has 4 aliphatic heterocycles. The number of thiophene rings is 1. The standard InChI is InChI=1S/C52H59F2N8O11PS2/c1-51(2,3)41-26-56-48(76-41)35(16-20-42(55)63)57-46(67)38-17-15-32-22-23-60(28-36(50(70)62(32)38)58-47(68)40-25-30-24-31(14-19-39(30)75-40)52(53,54)73-74(71)72)44(65)13-8-6-4-5-7-10-29-11-9-12-33-34(29)27-61(49(33)69)37-18-21-43(64)59-45(37)66/h9,11-12,14,19,24-26,32,35-38,71-72H,4-6,8,13,15-18,20-23,27-28H2,1-3H3,(H2,55,63)(H,57,67)(H,58,68)(H,59,64,66)/t32-,35+,36+,37?,38+/m1/s1. The molecule has 404 valence electrons. The highest BCUT2D eigenvalue weighted by atomic mass is 32.1. The monoisotopic (exact) mass is 1100 g/mol. The molecule has 3 fully saturated rings. The number of carbonyl (C=O) groups excluding carboxylic acids is 8. The number of rotatable bonds is 17. The van der Waals surface area contributed by atoms with Gasteiger partial charge in [0, 0.05) is 78.3 Å². The zero-order valence-corrected chi connectivity index (χ0v) is 44.6. The fourth-order valence-electron chi connectivity index (χ4n) is 9.98. The molecule has 5 atom stereocenters. The predicted molar refractivity (Wildman–Crippen MR) is 277 cm³/mol. The van der Waals surface area contributed by atoms with Gasteiger partial charge in [0.1, 0.15) is 23.1 Å². The van der Waals surface area contributed by atoms with Crippen molar-refractivity contribution in [2.24, 2.45) is 5.73 Å². The molecule has 19 nitrogen and oxygen atoms in total. The van der Waals surface area contributed by atoms with E-state index in [0.29, 0.717) is 59.4 Å². The zero-order chi connectivity index (χ0) is 54.6. The van der Waals surface area contributed by atoms with E-state index in [2.05, 4.69) is 37.3 Å². The van der Waals surface area contributed by atoms with Crippen molar-refractivity contribution in [2.75, 3.05) is 13.1 Å². The molecule has 2 aromatic carbocycles. The molecule has 24 heteroatoms. The minimum Gasteiger partial charge on any atom is -0.370 e. The summed E-state index contributed by atoms with van der Waals surface area (Å²) in [6.07, 6.45) is 1.70. The second-order valence-electron chi connectivity index (χ2n) is 20.3. The first-order valence-electron chi connectivity index (χ1n) is 25.1. The number of primary amides is 1. The molecule has 4 aliphatic rings. The molecule has 0 bridgehead atoms. The van der Waals surface area contributed by atoms with Crippen LogP contribution < -0.4 is 21.7 Å². The van der Waals surface area contributed by atoms with Gasteiger partial charge in [0.2, 0.25) is 35.4 Å². The highest BCUT2D eigenvalue weighted by Crippen LogP contribution is 2.43. The molecule has 2 aromatic heterocycles. The summed E-state index contributed by atoms with van der Waals surface area (Å²) in [7, 11) is -3.39. The number of thiazole rings is 1. The number of nitrogens with two attached hydrogens (primary N) is 1. The van der Waals surface area contributed by atoms with Gasteiger partial charge >= 0.3 is 14.7 Å². The van der Waals surface area contributed by atoms with Gasteiger partial charge < -0.3 is 40.9 Å². The van der Waals surface area contributed by atoms with Gasteiger partial charge in [0.15, 0.2) is 0 Å². The summed E-state index contributed by atoms with van der Waals surface area (Å²) in [4.78, 5) is 135. The summed E-state index contributed by atoms with van der Waals surface area (Å²) >= 11 is 2.37. The molecule has 0 saturated carbocycles. The lowest BCUT2D eigenvalue weighted by Crippen LogP contribution is -2.61. The fourth-order valence-corrected chi connectivity index (χ4v) is 12.3. The Morgan fingerprint density at radius 2 is 1.79 bits per heavy atom. The third kappa shape index (κ3) is 12.9. The van der Waals surface area contributed by atoms with E-state index in [9.17, 15) is 47.1 Å². The van der Waals surface area contributed by atoms with Crippen molar-refractivity contribution in [2.45, 2.75) is 146 Å². The van der Waals surface area contributed by atoms with Crippen molar-refractivity contribution in [3.05, 3.63) is 85.7 Å². The Morgan fingerprint density at radius 3 is 2.51 bits per heavy atom. The van der Waals surface area contributed by atoms with Crippen LogP contribution in [0, 0.1) is 11.8 Å². The van der Waals surface area contributed by atoms with Crippen LogP contribution in [-0.4, -0.2) is 114 Å². The van der Waals surface area contributed by atoms with Crippen LogP contribution in [0.2, 0.25) is 0 Å². The average molecular weight is 1110 g/mol. The molecule has 0 radical (unpaired) electrons. The first kappa shape index (κ1) is 55.9. The number of aromatic nitrogens is 1. The predicted octanol–water partition coefficient (Wildman–Crippen LogP) is 5.51. The lowest BCUT2D eigenvalue weighted by Gasteiger charge is -2.39. The Balaban J connectivity index is 0.945. The largest absolute Gasteiger partial charge is 0.389 e. The van der Waals surface area contributed by atoms with E-state index >= 15 is 0 Å². The number of hydrogen-bond acceptors (Lipinski definition) is 14. The van der Waals surface area contributed by atoms with Crippen molar-refractivity contribution in [3.8, 4) is 11.8 Å². The number of benzene rings is 2. The molecule has 76 heavy (non-hydrogen) atoms. The second-order valence-corrected chi connectivity index (χ2v) is 23.2. The smallest absolute Gasteiger partial charge is 0.370 e. The average Bonchev–Trinajstić information content (AvgIpc) is 4.18. The molecule has 8 rings (SSSR count). The van der Waals surface area contributed by atoms with Crippen LogP contribution >= 0.6 is 31.3 Å². The normalized spacial score (nSPS) is 20.4. The Morgan fingerprint density at radius 1 is 1.00 bits per heavy atom. The van der Waals surface area contributed by atoms with Crippen molar-refractivity contribution < 1.29 is 61.4 Å². The highest BCUT2D eigenvalue weighted by Gasteiger charge is 2.46. The number of nitrogens with zero attached hydrogens (tertiary/aromatic N) is 4. The van der Waals surface area contributed by atoms with Gasteiger partial charge in [-0.15, -0.1) is 22.7 Å². The molecule has 8 amide bonds. The van der Waals surface area contributed by atoms with Crippen molar-refractivity contribution in [1.82, 2.24) is 35.6 Å². The maximum atomic E-state index is 14.9. The molecule has 0 spiro atoms. The van der Waals surface area contributed by atoms with Crippen LogP contribution in [0.25, 0.3) is 10.1 Å². The third-order valence-corrected chi connectivity index (χ3v) is 17.0. The van der Waals surface area contributed by atoms with E-state index in [1.54, 1.807) is 23.2 Å². The Hall–Kier alpha value is -6.28. The molecule has 1 unspecified atom stereocenters. The zero-order valence-electron chi connectivity index (χ0n) is 42.1. The van der Waals surface area contributed by atoms with Gasteiger partial charge in [-0.05, 0) is 97.7 Å². The van der Waals surface area contributed by atoms with E-state index in [1.165, 1.54) is 33.3 Å². The van der Waals surface area contributed by atoms with Crippen LogP contribution in [0.3, 0.4) is 0 Å². The maximum Gasteiger partial charge on any atom is 0.389 e. The van der Waals surface area contributed by atoms with Gasteiger partial charge in [-0.1, -0.05) is 45.1 Å². The Kier molecular flexibility index (Phi) is 17.3.